The Bertz CT molecular complexity index is 1190. The highest BCUT2D eigenvalue weighted by molar-refractivity contribution is 5.94. The van der Waals surface area contributed by atoms with Crippen molar-refractivity contribution in [1.82, 2.24) is 24.6 Å². The van der Waals surface area contributed by atoms with Gasteiger partial charge in [0.05, 0.1) is 35.5 Å². The second-order valence-electron chi connectivity index (χ2n) is 7.82. The van der Waals surface area contributed by atoms with E-state index in [0.717, 1.165) is 11.1 Å². The molecule has 3 aromatic rings. The van der Waals surface area contributed by atoms with Gasteiger partial charge in [-0.05, 0) is 42.3 Å². The number of nitriles is 1. The van der Waals surface area contributed by atoms with Crippen LogP contribution in [0.2, 0.25) is 0 Å². The summed E-state index contributed by atoms with van der Waals surface area (Å²) in [4.78, 5) is 20.3. The van der Waals surface area contributed by atoms with E-state index in [-0.39, 0.29) is 18.3 Å². The van der Waals surface area contributed by atoms with E-state index in [0.29, 0.717) is 48.7 Å². The second kappa shape index (κ2) is 9.34. The normalized spacial score (nSPS) is 14.5. The van der Waals surface area contributed by atoms with Gasteiger partial charge in [-0.25, -0.2) is 13.8 Å². The molecule has 3 heterocycles. The second-order valence-corrected chi connectivity index (χ2v) is 7.82. The smallest absolute Gasteiger partial charge is 0.255 e. The van der Waals surface area contributed by atoms with Crippen molar-refractivity contribution in [3.05, 3.63) is 59.4 Å². The van der Waals surface area contributed by atoms with Crippen LogP contribution in [0.15, 0.2) is 42.7 Å². The first-order chi connectivity index (χ1) is 15.9. The summed E-state index contributed by atoms with van der Waals surface area (Å²) in [6.07, 6.45) is 0.546. The third kappa shape index (κ3) is 4.68. The number of halogens is 2. The summed E-state index contributed by atoms with van der Waals surface area (Å²) in [5.74, 6) is 0.0113. The van der Waals surface area contributed by atoms with Gasteiger partial charge in [-0.3, -0.25) is 9.69 Å². The number of carbonyl (C=O) groups excluding carboxylic acids is 1. The number of alkyl halides is 2. The fourth-order valence-electron chi connectivity index (χ4n) is 3.88. The minimum atomic E-state index is -2.39. The molecule has 33 heavy (non-hydrogen) atoms. The van der Waals surface area contributed by atoms with E-state index >= 15 is 0 Å². The lowest BCUT2D eigenvalue weighted by atomic mass is 10.0. The highest BCUT2D eigenvalue weighted by atomic mass is 19.3. The maximum absolute atomic E-state index is 12.7. The summed E-state index contributed by atoms with van der Waals surface area (Å²) in [7, 11) is 0. The Labute approximate surface area is 189 Å². The molecule has 0 atom stereocenters. The van der Waals surface area contributed by atoms with Crippen molar-refractivity contribution in [2.75, 3.05) is 32.7 Å². The zero-order valence-corrected chi connectivity index (χ0v) is 17.9. The third-order valence-corrected chi connectivity index (χ3v) is 5.66. The van der Waals surface area contributed by atoms with Gasteiger partial charge in [-0.1, -0.05) is 6.07 Å². The number of carbonyl (C=O) groups is 1. The van der Waals surface area contributed by atoms with Crippen LogP contribution in [-0.4, -0.2) is 74.7 Å². The molecule has 0 saturated carbocycles. The van der Waals surface area contributed by atoms with Gasteiger partial charge in [-0.2, -0.15) is 15.0 Å². The molecular formula is C23H22F2N6O2. The molecule has 8 nitrogen and oxygen atoms in total. The maximum Gasteiger partial charge on any atom is 0.255 e. The molecule has 1 aromatic carbocycles. The molecule has 4 rings (SSSR count). The Kier molecular flexibility index (Phi) is 6.33. The first kappa shape index (κ1) is 22.4. The number of amides is 1. The van der Waals surface area contributed by atoms with E-state index in [4.69, 9.17) is 5.26 Å². The fourth-order valence-corrected chi connectivity index (χ4v) is 3.88. The van der Waals surface area contributed by atoms with Gasteiger partial charge >= 0.3 is 0 Å². The summed E-state index contributed by atoms with van der Waals surface area (Å²) in [5, 5.41) is 24.0. The number of benzene rings is 1. The van der Waals surface area contributed by atoms with E-state index < -0.39 is 6.43 Å². The van der Waals surface area contributed by atoms with Crippen LogP contribution in [0.3, 0.4) is 0 Å². The van der Waals surface area contributed by atoms with E-state index in [1.807, 2.05) is 6.92 Å². The molecule has 0 aliphatic carbocycles. The monoisotopic (exact) mass is 452 g/mol. The summed E-state index contributed by atoms with van der Waals surface area (Å²) in [6, 6.07) is 10.4. The zero-order valence-electron chi connectivity index (χ0n) is 17.9. The standard InChI is InChI=1S/C23H22F2N6O2/c1-15-10-16(11-26)2-4-18(15)19-13-28-31(23(19)33)21-5-3-17(12-27-21)22(32)30-8-6-29(7-9-30)14-20(24)25/h2-5,10,12-13,20,33H,6-9,14H2,1H3. The Hall–Kier alpha value is -3.84. The molecule has 0 bridgehead atoms. The summed E-state index contributed by atoms with van der Waals surface area (Å²) in [6.45, 7) is 3.12. The zero-order chi connectivity index (χ0) is 23.5. The summed E-state index contributed by atoms with van der Waals surface area (Å²) in [5.41, 5.74) is 2.97. The molecule has 1 aliphatic rings. The van der Waals surface area contributed by atoms with Crippen molar-refractivity contribution in [3.63, 3.8) is 0 Å². The first-order valence-electron chi connectivity index (χ1n) is 10.4. The number of hydrogen-bond acceptors (Lipinski definition) is 6. The molecule has 0 unspecified atom stereocenters. The van der Waals surface area contributed by atoms with Gasteiger partial charge in [0.25, 0.3) is 12.3 Å². The predicted molar refractivity (Wildman–Crippen MR) is 116 cm³/mol. The minimum absolute atomic E-state index is 0.107. The van der Waals surface area contributed by atoms with Crippen molar-refractivity contribution in [1.29, 1.82) is 5.26 Å². The lowest BCUT2D eigenvalue weighted by Crippen LogP contribution is -2.49. The number of piperazine rings is 1. The Morgan fingerprint density at radius 3 is 2.52 bits per heavy atom. The van der Waals surface area contributed by atoms with E-state index in [1.54, 1.807) is 40.1 Å². The van der Waals surface area contributed by atoms with Gasteiger partial charge in [0.15, 0.2) is 5.82 Å². The Morgan fingerprint density at radius 1 is 1.15 bits per heavy atom. The average molecular weight is 452 g/mol. The summed E-state index contributed by atoms with van der Waals surface area (Å²) < 4.78 is 26.3. The van der Waals surface area contributed by atoms with Crippen LogP contribution in [-0.2, 0) is 0 Å². The first-order valence-corrected chi connectivity index (χ1v) is 10.4. The lowest BCUT2D eigenvalue weighted by molar-refractivity contribution is 0.0458. The van der Waals surface area contributed by atoms with E-state index in [1.165, 1.54) is 17.1 Å². The molecule has 1 saturated heterocycles. The van der Waals surface area contributed by atoms with Crippen LogP contribution in [0.4, 0.5) is 8.78 Å². The number of pyridine rings is 1. The van der Waals surface area contributed by atoms with Crippen LogP contribution in [0.5, 0.6) is 5.88 Å². The van der Waals surface area contributed by atoms with Crippen LogP contribution in [0.25, 0.3) is 16.9 Å². The molecule has 0 spiro atoms. The lowest BCUT2D eigenvalue weighted by Gasteiger charge is -2.34. The largest absolute Gasteiger partial charge is 0.493 e. The number of nitrogens with zero attached hydrogens (tertiary/aromatic N) is 6. The van der Waals surface area contributed by atoms with Gasteiger partial charge in [-0.15, -0.1) is 0 Å². The molecule has 2 aromatic heterocycles. The quantitative estimate of drug-likeness (QED) is 0.639. The molecule has 1 N–H and O–H groups in total. The van der Waals surface area contributed by atoms with Crippen molar-refractivity contribution in [2.45, 2.75) is 13.3 Å². The van der Waals surface area contributed by atoms with Crippen LogP contribution in [0, 0.1) is 18.3 Å². The molecule has 0 radical (unpaired) electrons. The highest BCUT2D eigenvalue weighted by Crippen LogP contribution is 2.33. The van der Waals surface area contributed by atoms with E-state index in [2.05, 4.69) is 16.2 Å². The molecule has 1 amide bonds. The topological polar surface area (TPSA) is 98.3 Å². The average Bonchev–Trinajstić information content (AvgIpc) is 3.19. The number of hydrogen-bond donors (Lipinski definition) is 1. The van der Waals surface area contributed by atoms with Crippen molar-refractivity contribution >= 4 is 5.91 Å². The van der Waals surface area contributed by atoms with Crippen LogP contribution in [0.1, 0.15) is 21.5 Å². The van der Waals surface area contributed by atoms with Gasteiger partial charge in [0, 0.05) is 32.4 Å². The number of aromatic nitrogens is 3. The molecular weight excluding hydrogens is 430 g/mol. The van der Waals surface area contributed by atoms with Crippen LogP contribution >= 0.6 is 0 Å². The van der Waals surface area contributed by atoms with Gasteiger partial charge < -0.3 is 10.0 Å². The molecule has 1 fully saturated rings. The predicted octanol–water partition coefficient (Wildman–Crippen LogP) is 2.84. The third-order valence-electron chi connectivity index (χ3n) is 5.66. The van der Waals surface area contributed by atoms with Crippen molar-refractivity contribution in [3.8, 4) is 28.9 Å². The van der Waals surface area contributed by atoms with E-state index in [9.17, 15) is 18.7 Å². The maximum atomic E-state index is 12.7. The molecule has 170 valence electrons. The number of aryl methyl sites for hydroxylation is 1. The Morgan fingerprint density at radius 2 is 1.91 bits per heavy atom. The SMILES string of the molecule is Cc1cc(C#N)ccc1-c1cnn(-c2ccc(C(=O)N3CCN(CC(F)F)CC3)cn2)c1O. The number of rotatable bonds is 5. The van der Waals surface area contributed by atoms with Crippen molar-refractivity contribution in [2.24, 2.45) is 0 Å². The molecule has 10 heteroatoms. The Balaban J connectivity index is 1.48. The van der Waals surface area contributed by atoms with Crippen LogP contribution < -0.4 is 0 Å². The number of aromatic hydroxyl groups is 1. The fraction of sp³-hybridized carbons (Fsp3) is 0.304. The van der Waals surface area contributed by atoms with Gasteiger partial charge in [0.2, 0.25) is 5.88 Å². The highest BCUT2D eigenvalue weighted by Gasteiger charge is 2.24. The van der Waals surface area contributed by atoms with Crippen molar-refractivity contribution < 1.29 is 18.7 Å². The minimum Gasteiger partial charge on any atom is -0.493 e. The molecule has 1 aliphatic heterocycles. The van der Waals surface area contributed by atoms with Gasteiger partial charge in [0.1, 0.15) is 0 Å². The summed E-state index contributed by atoms with van der Waals surface area (Å²) >= 11 is 0.